The maximum absolute atomic E-state index is 13.0. The highest BCUT2D eigenvalue weighted by Gasteiger charge is 2.41. The Morgan fingerprint density at radius 3 is 1.53 bits per heavy atom. The van der Waals surface area contributed by atoms with Gasteiger partial charge in [0.05, 0.1) is 35.4 Å². The number of ketones is 5. The van der Waals surface area contributed by atoms with Crippen LogP contribution in [0, 0.1) is 97.2 Å². The van der Waals surface area contributed by atoms with E-state index < -0.39 is 5.41 Å². The van der Waals surface area contributed by atoms with Crippen molar-refractivity contribution in [3.05, 3.63) is 207 Å². The SMILES string of the molecule is CC(C)(C)C(=O)C(C1CCCCC1)C1CCCCC1.CC(C)(C)Cc1ccc2ccccc2n1.Cc1cc(C(=O)C(C)(C)C)nn1C.Cc1cc(C)c(C(=O)C(C)(C)C)o1.Cc1ccc(-c2cc3c(cc(C(=O)C(C)(C)C)n3C)o2)c(CO)c1.Cc1ccc(CC(C)(C)C)cc1.Cc1oc(-c2ccccc2)nc1CC(=O)C(C)(C)C. The van der Waals surface area contributed by atoms with E-state index in [4.69, 9.17) is 13.3 Å². The Morgan fingerprint density at radius 2 is 1.05 bits per heavy atom. The third-order valence-corrected chi connectivity index (χ3v) is 21.0. The van der Waals surface area contributed by atoms with E-state index in [0.29, 0.717) is 75.2 Å². The van der Waals surface area contributed by atoms with Gasteiger partial charge in [-0.3, -0.25) is 33.6 Å². The quantitative estimate of drug-likeness (QED) is 0.108. The number of pyridine rings is 1. The number of aryl methyl sites for hydroxylation is 8. The number of oxazole rings is 1. The lowest BCUT2D eigenvalue weighted by molar-refractivity contribution is -0.135. The first-order valence-corrected chi connectivity index (χ1v) is 41.8. The zero-order chi connectivity index (χ0) is 86.1. The van der Waals surface area contributed by atoms with Gasteiger partial charge in [-0.25, -0.2) is 4.98 Å². The van der Waals surface area contributed by atoms with Crippen molar-refractivity contribution in [1.29, 1.82) is 0 Å². The van der Waals surface area contributed by atoms with Gasteiger partial charge in [-0.2, -0.15) is 5.10 Å². The molecule has 4 aromatic carbocycles. The van der Waals surface area contributed by atoms with Crippen molar-refractivity contribution in [3.63, 3.8) is 0 Å². The topological polar surface area (TPSA) is 194 Å². The van der Waals surface area contributed by atoms with Crippen LogP contribution >= 0.6 is 0 Å². The van der Waals surface area contributed by atoms with Crippen molar-refractivity contribution in [2.24, 2.45) is 69.8 Å². The molecule has 6 aromatic heterocycles. The monoisotopic (exact) mass is 1570 g/mol. The lowest BCUT2D eigenvalue weighted by Crippen LogP contribution is -2.39. The number of para-hydroxylation sites is 1. The zero-order valence-corrected chi connectivity index (χ0v) is 75.8. The molecule has 14 heteroatoms. The van der Waals surface area contributed by atoms with Crippen LogP contribution in [0.15, 0.2) is 147 Å². The molecule has 0 spiro atoms. The molecule has 0 amide bonds. The Morgan fingerprint density at radius 1 is 0.513 bits per heavy atom. The van der Waals surface area contributed by atoms with E-state index in [1.165, 1.54) is 86.4 Å². The first-order valence-electron chi connectivity index (χ1n) is 41.8. The molecule has 2 saturated carbocycles. The average molecular weight is 1570 g/mol. The van der Waals surface area contributed by atoms with Crippen LogP contribution < -0.4 is 0 Å². The number of Topliss-reactive ketones (excluding diaryl/α,β-unsaturated/α-hetero) is 5. The van der Waals surface area contributed by atoms with Crippen molar-refractivity contribution in [2.75, 3.05) is 0 Å². The van der Waals surface area contributed by atoms with Gasteiger partial charge in [-0.1, -0.05) is 280 Å². The van der Waals surface area contributed by atoms with Gasteiger partial charge < -0.3 is 22.9 Å². The number of aliphatic hydroxyl groups excluding tert-OH is 1. The van der Waals surface area contributed by atoms with E-state index in [1.807, 2.05) is 215 Å². The molecule has 2 aliphatic carbocycles. The smallest absolute Gasteiger partial charge is 0.226 e. The fraction of sp³-hybridized carbons (Fsp3) is 0.525. The fourth-order valence-electron chi connectivity index (χ4n) is 14.3. The van der Waals surface area contributed by atoms with Gasteiger partial charge in [0, 0.05) is 87.1 Å². The lowest BCUT2D eigenvalue weighted by Gasteiger charge is -2.39. The number of rotatable bonds is 13. The van der Waals surface area contributed by atoms with Gasteiger partial charge in [0.25, 0.3) is 0 Å². The molecule has 0 unspecified atom stereocenters. The van der Waals surface area contributed by atoms with Gasteiger partial charge >= 0.3 is 0 Å². The molecule has 6 heterocycles. The second-order valence-corrected chi connectivity index (χ2v) is 39.8. The van der Waals surface area contributed by atoms with E-state index >= 15 is 0 Å². The maximum Gasteiger partial charge on any atom is 0.226 e. The van der Waals surface area contributed by atoms with Crippen LogP contribution in [-0.4, -0.2) is 58.3 Å². The molecule has 10 aromatic rings. The van der Waals surface area contributed by atoms with Gasteiger partial charge in [-0.15, -0.1) is 0 Å². The molecule has 0 atom stereocenters. The fourth-order valence-corrected chi connectivity index (χ4v) is 14.3. The summed E-state index contributed by atoms with van der Waals surface area (Å²) in [7, 11) is 3.72. The number of carbonyl (C=O) groups is 5. The molecule has 0 saturated heterocycles. The summed E-state index contributed by atoms with van der Waals surface area (Å²) in [6.07, 6.45) is 15.9. The summed E-state index contributed by atoms with van der Waals surface area (Å²) in [6.45, 7) is 54.4. The van der Waals surface area contributed by atoms with E-state index in [0.717, 1.165) is 74.6 Å². The second kappa shape index (κ2) is 40.3. The van der Waals surface area contributed by atoms with E-state index in [2.05, 4.69) is 133 Å². The molecule has 2 aliphatic rings. The number of benzene rings is 4. The Balaban J connectivity index is 0.000000212. The maximum atomic E-state index is 13.0. The number of nitrogens with zero attached hydrogens (tertiary/aromatic N) is 5. The highest BCUT2D eigenvalue weighted by atomic mass is 16.4. The first kappa shape index (κ1) is 95.0. The van der Waals surface area contributed by atoms with Gasteiger partial charge in [-0.05, 0) is 156 Å². The first-order chi connectivity index (χ1) is 53.3. The summed E-state index contributed by atoms with van der Waals surface area (Å²) in [6, 6.07) is 44.4. The summed E-state index contributed by atoms with van der Waals surface area (Å²) in [5, 5.41) is 15.0. The number of aromatic nitrogens is 5. The largest absolute Gasteiger partial charge is 0.458 e. The van der Waals surface area contributed by atoms with Crippen molar-refractivity contribution in [3.8, 4) is 22.8 Å². The minimum atomic E-state index is -0.437. The van der Waals surface area contributed by atoms with Gasteiger partial charge in [0.2, 0.25) is 11.7 Å². The summed E-state index contributed by atoms with van der Waals surface area (Å²) < 4.78 is 20.6. The number of carbonyl (C=O) groups excluding carboxylic acids is 5. The van der Waals surface area contributed by atoms with Crippen LogP contribution in [-0.2, 0) is 49.6 Å². The highest BCUT2D eigenvalue weighted by molar-refractivity contribution is 6.03. The Labute approximate surface area is 690 Å². The number of furan rings is 2. The van der Waals surface area contributed by atoms with Crippen LogP contribution in [0.1, 0.15) is 298 Å². The van der Waals surface area contributed by atoms with Crippen LogP contribution in [0.25, 0.3) is 44.8 Å². The molecule has 14 nitrogen and oxygen atoms in total. The molecule has 2 fully saturated rings. The van der Waals surface area contributed by atoms with Crippen molar-refractivity contribution in [1.82, 2.24) is 24.3 Å². The minimum Gasteiger partial charge on any atom is -0.458 e. The summed E-state index contributed by atoms with van der Waals surface area (Å²) >= 11 is 0. The van der Waals surface area contributed by atoms with Crippen molar-refractivity contribution in [2.45, 2.75) is 277 Å². The molecule has 12 rings (SSSR count). The molecule has 0 aliphatic heterocycles. The minimum absolute atomic E-state index is 0.0399. The predicted octanol–water partition coefficient (Wildman–Crippen LogP) is 26.1. The van der Waals surface area contributed by atoms with Crippen molar-refractivity contribution < 1.29 is 42.3 Å². The van der Waals surface area contributed by atoms with Crippen LogP contribution in [0.3, 0.4) is 0 Å². The Hall–Kier alpha value is -8.88. The highest BCUT2D eigenvalue weighted by Crippen LogP contribution is 2.44. The summed E-state index contributed by atoms with van der Waals surface area (Å²) in [5.41, 5.74) is 13.3. The normalized spacial score (nSPS) is 13.8. The molecular formula is C101H141N5O9. The van der Waals surface area contributed by atoms with E-state index in [9.17, 15) is 29.1 Å². The number of hydrogen-bond acceptors (Lipinski definition) is 12. The van der Waals surface area contributed by atoms with E-state index in [-0.39, 0.29) is 51.4 Å². The lowest BCUT2D eigenvalue weighted by atomic mass is 9.64. The van der Waals surface area contributed by atoms with Gasteiger partial charge in [0.1, 0.15) is 34.5 Å². The van der Waals surface area contributed by atoms with Crippen LogP contribution in [0.4, 0.5) is 0 Å². The molecule has 115 heavy (non-hydrogen) atoms. The van der Waals surface area contributed by atoms with E-state index in [1.54, 1.807) is 10.7 Å². The third kappa shape index (κ3) is 29.1. The number of hydrogen-bond donors (Lipinski definition) is 1. The third-order valence-electron chi connectivity index (χ3n) is 21.0. The van der Waals surface area contributed by atoms with Crippen LogP contribution in [0.5, 0.6) is 0 Å². The zero-order valence-electron chi connectivity index (χ0n) is 75.8. The number of fused-ring (bicyclic) bond motifs is 2. The Kier molecular flexibility index (Phi) is 33.3. The molecule has 1 N–H and O–H groups in total. The molecule has 624 valence electrons. The standard InChI is InChI=1S/C20H23NO3.C18H32O.C16H19NO2.C14H17N.C12H18.C11H16O2.C10H16N2O/c1-12-6-7-14(13(8-12)11-22)17-9-15-18(24-17)10-16(21(15)5)19(23)20(2,3)4;1-18(2,3)17(19)16(14-10-6-4-7-11-14)15-12-8-5-9-13-15;1-11-13(10-14(18)16(2,3)4)17-15(19-11)12-8-6-5-7-9-12;1-14(2,3)10-12-9-8-11-6-4-5-7-13(11)15-12;1-10-5-7-11(8-6-10)9-12(2,3)4;1-7-6-8(2)13-9(7)10(12)11(3,4)5;1-7-6-8(11-12(7)5)9(13)10(2,3)4/h6-10,22H,11H2,1-5H3;14-16H,4-13H2,1-3H3;5-9H,10H2,1-4H3;4-9H,10H2,1-3H3;5-8H,9H2,1-4H3;2*6H,1-5H3. The van der Waals surface area contributed by atoms with Crippen LogP contribution in [0.2, 0.25) is 0 Å². The summed E-state index contributed by atoms with van der Waals surface area (Å²) in [5.74, 6) is 6.05. The van der Waals surface area contributed by atoms with Crippen molar-refractivity contribution >= 4 is 50.9 Å². The molecule has 0 radical (unpaired) electrons. The summed E-state index contributed by atoms with van der Waals surface area (Å²) in [4.78, 5) is 70.2. The Bertz CT molecular complexity index is 4770. The second-order valence-electron chi connectivity index (χ2n) is 39.8. The molecule has 0 bridgehead atoms. The predicted molar refractivity (Wildman–Crippen MR) is 474 cm³/mol. The van der Waals surface area contributed by atoms with Gasteiger partial charge in [0.15, 0.2) is 22.9 Å². The average Bonchev–Trinajstić information content (AvgIpc) is 1.61. The molecular weight excluding hydrogens is 1430 g/mol. The number of aliphatic hydroxyl groups is 1.